The normalized spacial score (nSPS) is 11.6. The minimum Gasteiger partial charge on any atom is -0.508 e. The summed E-state index contributed by atoms with van der Waals surface area (Å²) in [6.45, 7) is 4.63. The summed E-state index contributed by atoms with van der Waals surface area (Å²) in [7, 11) is 0. The first-order chi connectivity index (χ1) is 10.2. The number of carbonyl (C=O) groups is 3. The van der Waals surface area contributed by atoms with Crippen LogP contribution >= 0.6 is 0 Å². The molecule has 1 atom stereocenters. The second-order valence-corrected chi connectivity index (χ2v) is 5.00. The topological polar surface area (TPSA) is 107 Å². The number of rotatable bonds is 6. The first-order valence-electron chi connectivity index (χ1n) is 6.82. The van der Waals surface area contributed by atoms with Crippen LogP contribution < -0.4 is 5.32 Å². The van der Waals surface area contributed by atoms with Crippen molar-refractivity contribution in [1.29, 1.82) is 0 Å². The number of nitrogens with one attached hydrogen (secondary N) is 1. The quantitative estimate of drug-likeness (QED) is 0.719. The van der Waals surface area contributed by atoms with Gasteiger partial charge in [0, 0.05) is 25.6 Å². The van der Waals surface area contributed by atoms with Gasteiger partial charge >= 0.3 is 5.97 Å². The third-order valence-electron chi connectivity index (χ3n) is 3.27. The van der Waals surface area contributed by atoms with Crippen molar-refractivity contribution in [1.82, 2.24) is 10.2 Å². The maximum Gasteiger partial charge on any atom is 0.326 e. The highest BCUT2D eigenvalue weighted by molar-refractivity contribution is 5.97. The lowest BCUT2D eigenvalue weighted by atomic mass is 10.1. The molecule has 0 spiro atoms. The number of aryl methyl sites for hydroxylation is 1. The van der Waals surface area contributed by atoms with Gasteiger partial charge in [-0.3, -0.25) is 9.59 Å². The minimum atomic E-state index is -1.15. The highest BCUT2D eigenvalue weighted by Gasteiger charge is 2.26. The van der Waals surface area contributed by atoms with Crippen LogP contribution in [0.15, 0.2) is 18.2 Å². The second kappa shape index (κ2) is 7.44. The zero-order valence-corrected chi connectivity index (χ0v) is 12.8. The second-order valence-electron chi connectivity index (χ2n) is 5.00. The molecule has 1 rings (SSSR count). The van der Waals surface area contributed by atoms with Gasteiger partial charge in [-0.15, -0.1) is 0 Å². The van der Waals surface area contributed by atoms with Crippen molar-refractivity contribution in [2.24, 2.45) is 0 Å². The van der Waals surface area contributed by atoms with Gasteiger partial charge in [0.2, 0.25) is 5.91 Å². The van der Waals surface area contributed by atoms with E-state index in [1.54, 1.807) is 13.0 Å². The van der Waals surface area contributed by atoms with Crippen molar-refractivity contribution < 1.29 is 24.6 Å². The Morgan fingerprint density at radius 1 is 1.32 bits per heavy atom. The van der Waals surface area contributed by atoms with Crippen LogP contribution in [-0.2, 0) is 9.59 Å². The highest BCUT2D eigenvalue weighted by atomic mass is 16.4. The Morgan fingerprint density at radius 3 is 2.45 bits per heavy atom. The summed E-state index contributed by atoms with van der Waals surface area (Å²) in [4.78, 5) is 35.7. The molecule has 0 heterocycles. The molecule has 0 aliphatic heterocycles. The van der Waals surface area contributed by atoms with Crippen LogP contribution in [0.5, 0.6) is 5.75 Å². The molecule has 22 heavy (non-hydrogen) atoms. The van der Waals surface area contributed by atoms with Crippen LogP contribution in [0, 0.1) is 6.92 Å². The van der Waals surface area contributed by atoms with Crippen molar-refractivity contribution in [3.05, 3.63) is 29.3 Å². The van der Waals surface area contributed by atoms with Crippen LogP contribution in [0.4, 0.5) is 0 Å². The molecule has 3 N–H and O–H groups in total. The third kappa shape index (κ3) is 4.47. The Bertz CT molecular complexity index is 585. The Balaban J connectivity index is 2.97. The SMILES string of the molecule is CC(=O)NCCN(C(=O)c1ccc(C)c(O)c1)C(C)C(=O)O. The average molecular weight is 308 g/mol. The van der Waals surface area contributed by atoms with E-state index in [9.17, 15) is 19.5 Å². The number of phenols is 1. The van der Waals surface area contributed by atoms with E-state index >= 15 is 0 Å². The average Bonchev–Trinajstić information content (AvgIpc) is 2.44. The summed E-state index contributed by atoms with van der Waals surface area (Å²) in [5.41, 5.74) is 0.812. The predicted molar refractivity (Wildman–Crippen MR) is 79.7 cm³/mol. The summed E-state index contributed by atoms with van der Waals surface area (Å²) >= 11 is 0. The number of aliphatic carboxylic acids is 1. The molecule has 120 valence electrons. The number of carboxylic acids is 1. The number of phenolic OH excluding ortho intramolecular Hbond substituents is 1. The van der Waals surface area contributed by atoms with Gasteiger partial charge < -0.3 is 20.4 Å². The van der Waals surface area contributed by atoms with Gasteiger partial charge in [0.05, 0.1) is 0 Å². The lowest BCUT2D eigenvalue weighted by Crippen LogP contribution is -2.46. The fraction of sp³-hybridized carbons (Fsp3) is 0.400. The molecule has 2 amide bonds. The molecule has 7 heteroatoms. The number of nitrogens with zero attached hydrogens (tertiary/aromatic N) is 1. The van der Waals surface area contributed by atoms with Crippen LogP contribution in [0.25, 0.3) is 0 Å². The molecule has 0 radical (unpaired) electrons. The van der Waals surface area contributed by atoms with E-state index in [0.29, 0.717) is 5.56 Å². The van der Waals surface area contributed by atoms with Crippen molar-refractivity contribution in [2.75, 3.05) is 13.1 Å². The Labute approximate surface area is 128 Å². The predicted octanol–water partition coefficient (Wildman–Crippen LogP) is 0.752. The number of benzene rings is 1. The molecule has 0 saturated carbocycles. The fourth-order valence-corrected chi connectivity index (χ4v) is 1.87. The molecule has 0 aliphatic carbocycles. The Hall–Kier alpha value is -2.57. The molecule has 0 bridgehead atoms. The van der Waals surface area contributed by atoms with E-state index in [4.69, 9.17) is 5.11 Å². The van der Waals surface area contributed by atoms with Crippen LogP contribution in [0.3, 0.4) is 0 Å². The van der Waals surface area contributed by atoms with Gasteiger partial charge in [-0.2, -0.15) is 0 Å². The van der Waals surface area contributed by atoms with E-state index in [1.165, 1.54) is 26.0 Å². The third-order valence-corrected chi connectivity index (χ3v) is 3.27. The number of hydrogen-bond donors (Lipinski definition) is 3. The van der Waals surface area contributed by atoms with E-state index in [-0.39, 0.29) is 30.3 Å². The largest absolute Gasteiger partial charge is 0.508 e. The summed E-state index contributed by atoms with van der Waals surface area (Å²) in [5, 5.41) is 21.3. The number of carboxylic acid groups (broad SMARTS) is 1. The maximum absolute atomic E-state index is 12.5. The molecule has 1 aromatic carbocycles. The maximum atomic E-state index is 12.5. The molecule has 7 nitrogen and oxygen atoms in total. The molecular weight excluding hydrogens is 288 g/mol. The standard InChI is InChI=1S/C15H20N2O5/c1-9-4-5-12(8-13(9)19)14(20)17(10(2)15(21)22)7-6-16-11(3)18/h4-5,8,10,19H,6-7H2,1-3H3,(H,16,18)(H,21,22). The van der Waals surface area contributed by atoms with Gasteiger partial charge in [0.1, 0.15) is 11.8 Å². The minimum absolute atomic E-state index is 0.0318. The van der Waals surface area contributed by atoms with Gasteiger partial charge in [-0.1, -0.05) is 6.07 Å². The number of aromatic hydroxyl groups is 1. The zero-order valence-electron chi connectivity index (χ0n) is 12.8. The fourth-order valence-electron chi connectivity index (χ4n) is 1.87. The molecule has 0 aliphatic rings. The number of amides is 2. The van der Waals surface area contributed by atoms with Gasteiger partial charge in [0.15, 0.2) is 0 Å². The molecule has 1 aromatic rings. The Morgan fingerprint density at radius 2 is 1.95 bits per heavy atom. The molecule has 0 saturated heterocycles. The molecule has 0 fully saturated rings. The van der Waals surface area contributed by atoms with Crippen LogP contribution in [0.1, 0.15) is 29.8 Å². The first kappa shape index (κ1) is 17.5. The van der Waals surface area contributed by atoms with E-state index in [2.05, 4.69) is 5.32 Å². The summed E-state index contributed by atoms with van der Waals surface area (Å²) in [5.74, 6) is -1.96. The van der Waals surface area contributed by atoms with Gasteiger partial charge in [-0.05, 0) is 31.5 Å². The van der Waals surface area contributed by atoms with Crippen LogP contribution in [-0.4, -0.2) is 52.0 Å². The highest BCUT2D eigenvalue weighted by Crippen LogP contribution is 2.19. The number of hydrogen-bond acceptors (Lipinski definition) is 4. The first-order valence-corrected chi connectivity index (χ1v) is 6.82. The summed E-state index contributed by atoms with van der Waals surface area (Å²) in [6, 6.07) is 3.36. The number of carbonyl (C=O) groups excluding carboxylic acids is 2. The Kier molecular flexibility index (Phi) is 5.91. The lowest BCUT2D eigenvalue weighted by Gasteiger charge is -2.26. The lowest BCUT2D eigenvalue weighted by molar-refractivity contribution is -0.141. The summed E-state index contributed by atoms with van der Waals surface area (Å²) in [6.07, 6.45) is 0. The van der Waals surface area contributed by atoms with Crippen molar-refractivity contribution in [3.63, 3.8) is 0 Å². The van der Waals surface area contributed by atoms with Crippen molar-refractivity contribution in [2.45, 2.75) is 26.8 Å². The molecule has 0 aromatic heterocycles. The van der Waals surface area contributed by atoms with Crippen molar-refractivity contribution >= 4 is 17.8 Å². The van der Waals surface area contributed by atoms with E-state index in [1.807, 2.05) is 0 Å². The smallest absolute Gasteiger partial charge is 0.326 e. The molecular formula is C15H20N2O5. The van der Waals surface area contributed by atoms with E-state index < -0.39 is 17.9 Å². The van der Waals surface area contributed by atoms with Gasteiger partial charge in [-0.25, -0.2) is 4.79 Å². The van der Waals surface area contributed by atoms with E-state index in [0.717, 1.165) is 4.90 Å². The van der Waals surface area contributed by atoms with Crippen LogP contribution in [0.2, 0.25) is 0 Å². The van der Waals surface area contributed by atoms with Crippen molar-refractivity contribution in [3.8, 4) is 5.75 Å². The monoisotopic (exact) mass is 308 g/mol. The van der Waals surface area contributed by atoms with Gasteiger partial charge in [0.25, 0.3) is 5.91 Å². The zero-order chi connectivity index (χ0) is 16.9. The summed E-state index contributed by atoms with van der Waals surface area (Å²) < 4.78 is 0. The molecule has 1 unspecified atom stereocenters.